The zero-order valence-corrected chi connectivity index (χ0v) is 13.9. The summed E-state index contributed by atoms with van der Waals surface area (Å²) in [4.78, 5) is 7.84. The maximum absolute atomic E-state index is 13.9. The lowest BCUT2D eigenvalue weighted by atomic mass is 10.2. The Morgan fingerprint density at radius 1 is 1.23 bits per heavy atom. The second-order valence-corrected chi connectivity index (χ2v) is 6.73. The van der Waals surface area contributed by atoms with Crippen molar-refractivity contribution in [2.24, 2.45) is 0 Å². The van der Waals surface area contributed by atoms with Gasteiger partial charge in [-0.05, 0) is 24.6 Å². The van der Waals surface area contributed by atoms with E-state index in [9.17, 15) is 26.0 Å². The Morgan fingerprint density at radius 3 is 2.58 bits per heavy atom. The Bertz CT molecular complexity index is 963. The molecule has 1 N–H and O–H groups in total. The summed E-state index contributed by atoms with van der Waals surface area (Å²) in [5.41, 5.74) is -5.41. The van der Waals surface area contributed by atoms with Gasteiger partial charge < -0.3 is 14.2 Å². The summed E-state index contributed by atoms with van der Waals surface area (Å²) < 4.78 is 83.2. The fourth-order valence-corrected chi connectivity index (χ4v) is 2.74. The van der Waals surface area contributed by atoms with E-state index in [4.69, 9.17) is 4.74 Å². The summed E-state index contributed by atoms with van der Waals surface area (Å²) in [6, 6.07) is 3.67. The molecule has 2 aromatic rings. The number of hydrogen-bond donors (Lipinski definition) is 1. The molecule has 1 aliphatic heterocycles. The highest BCUT2D eigenvalue weighted by atomic mass is 32.2. The van der Waals surface area contributed by atoms with Crippen LogP contribution in [0.5, 0.6) is 11.6 Å². The van der Waals surface area contributed by atoms with Crippen LogP contribution in [0.15, 0.2) is 18.2 Å². The first-order valence-corrected chi connectivity index (χ1v) is 8.52. The van der Waals surface area contributed by atoms with E-state index in [1.165, 1.54) is 19.2 Å². The van der Waals surface area contributed by atoms with E-state index in [1.54, 1.807) is 0 Å². The quantitative estimate of drug-likeness (QED) is 0.485. The standard InChI is InChI=1S/C14H11F4N3O4S/c1-24-10-3-2-7(6-9(10)15)11-20-12-8(4-5-19-12)13(21-11)25-26(22,23)14(16,17)18/h2-3,6H,4-5H2,1H3,(H,19,20,21). The highest BCUT2D eigenvalue weighted by Gasteiger charge is 2.49. The van der Waals surface area contributed by atoms with E-state index in [0.29, 0.717) is 6.54 Å². The number of ether oxygens (including phenoxy) is 1. The SMILES string of the molecule is COc1ccc(-c2nc3c(c(OS(=O)(=O)C(F)(F)F)n2)CCN3)cc1F. The second kappa shape index (κ2) is 6.27. The Balaban J connectivity index is 2.08. The molecule has 0 amide bonds. The maximum Gasteiger partial charge on any atom is 0.534 e. The van der Waals surface area contributed by atoms with Crippen LogP contribution in [-0.2, 0) is 16.5 Å². The highest BCUT2D eigenvalue weighted by Crippen LogP contribution is 2.35. The molecule has 0 radical (unpaired) electrons. The fourth-order valence-electron chi connectivity index (χ4n) is 2.30. The van der Waals surface area contributed by atoms with Crippen LogP contribution in [0.2, 0.25) is 0 Å². The number of fused-ring (bicyclic) bond motifs is 1. The summed E-state index contributed by atoms with van der Waals surface area (Å²) >= 11 is 0. The zero-order valence-electron chi connectivity index (χ0n) is 13.1. The van der Waals surface area contributed by atoms with E-state index >= 15 is 0 Å². The first-order valence-electron chi connectivity index (χ1n) is 7.12. The molecule has 1 aliphatic rings. The van der Waals surface area contributed by atoms with Crippen molar-refractivity contribution in [1.29, 1.82) is 0 Å². The number of methoxy groups -OCH3 is 1. The predicted molar refractivity (Wildman–Crippen MR) is 81.8 cm³/mol. The number of halogens is 4. The summed E-state index contributed by atoms with van der Waals surface area (Å²) in [6.07, 6.45) is 0.176. The van der Waals surface area contributed by atoms with Crippen molar-refractivity contribution in [1.82, 2.24) is 9.97 Å². The van der Waals surface area contributed by atoms with Gasteiger partial charge in [-0.3, -0.25) is 0 Å². The second-order valence-electron chi connectivity index (χ2n) is 5.19. The Morgan fingerprint density at radius 2 is 1.96 bits per heavy atom. The van der Waals surface area contributed by atoms with Crippen LogP contribution in [0.4, 0.5) is 23.4 Å². The molecule has 0 bridgehead atoms. The number of anilines is 1. The average molecular weight is 393 g/mol. The molecule has 0 spiro atoms. The molecule has 140 valence electrons. The number of aromatic nitrogens is 2. The third-order valence-corrected chi connectivity index (χ3v) is 4.46. The minimum absolute atomic E-state index is 0.0517. The molecular weight excluding hydrogens is 382 g/mol. The first-order chi connectivity index (χ1) is 12.1. The molecular formula is C14H11F4N3O4S. The van der Waals surface area contributed by atoms with E-state index in [0.717, 1.165) is 6.07 Å². The summed E-state index contributed by atoms with van der Waals surface area (Å²) in [5.74, 6) is -1.62. The number of hydrogen-bond acceptors (Lipinski definition) is 7. The lowest BCUT2D eigenvalue weighted by molar-refractivity contribution is -0.0501. The minimum Gasteiger partial charge on any atom is -0.494 e. The summed E-state index contributed by atoms with van der Waals surface area (Å²) in [5, 5.41) is 2.79. The van der Waals surface area contributed by atoms with Gasteiger partial charge in [0.05, 0.1) is 12.7 Å². The molecule has 0 aliphatic carbocycles. The van der Waals surface area contributed by atoms with Gasteiger partial charge in [-0.2, -0.15) is 26.6 Å². The van der Waals surface area contributed by atoms with Gasteiger partial charge in [0, 0.05) is 12.1 Å². The molecule has 1 aromatic carbocycles. The van der Waals surface area contributed by atoms with Crippen LogP contribution in [0.25, 0.3) is 11.4 Å². The van der Waals surface area contributed by atoms with Crippen molar-refractivity contribution >= 4 is 15.9 Å². The Kier molecular flexibility index (Phi) is 4.38. The number of alkyl halides is 3. The molecule has 1 aromatic heterocycles. The van der Waals surface area contributed by atoms with Crippen LogP contribution < -0.4 is 14.2 Å². The molecule has 2 heterocycles. The van der Waals surface area contributed by atoms with Crippen molar-refractivity contribution in [2.45, 2.75) is 11.9 Å². The van der Waals surface area contributed by atoms with Crippen LogP contribution in [0.3, 0.4) is 0 Å². The minimum atomic E-state index is -5.90. The van der Waals surface area contributed by atoms with Crippen molar-refractivity contribution < 1.29 is 34.9 Å². The van der Waals surface area contributed by atoms with Gasteiger partial charge >= 0.3 is 15.6 Å². The highest BCUT2D eigenvalue weighted by molar-refractivity contribution is 7.87. The number of nitrogens with one attached hydrogen (secondary N) is 1. The molecule has 0 atom stereocenters. The lowest BCUT2D eigenvalue weighted by Crippen LogP contribution is -2.28. The van der Waals surface area contributed by atoms with E-state index in [1.807, 2.05) is 0 Å². The molecule has 0 saturated heterocycles. The van der Waals surface area contributed by atoms with Crippen molar-refractivity contribution in [3.8, 4) is 23.0 Å². The monoisotopic (exact) mass is 393 g/mol. The maximum atomic E-state index is 13.9. The fraction of sp³-hybridized carbons (Fsp3) is 0.286. The molecule has 26 heavy (non-hydrogen) atoms. The van der Waals surface area contributed by atoms with Crippen molar-refractivity contribution in [2.75, 3.05) is 19.0 Å². The van der Waals surface area contributed by atoms with Crippen LogP contribution in [0, 0.1) is 5.82 Å². The zero-order chi connectivity index (χ0) is 19.1. The third kappa shape index (κ3) is 3.23. The molecule has 3 rings (SSSR count). The van der Waals surface area contributed by atoms with Gasteiger partial charge in [-0.15, -0.1) is 0 Å². The molecule has 12 heteroatoms. The molecule has 0 fully saturated rings. The molecule has 0 saturated carbocycles. The predicted octanol–water partition coefficient (Wildman–Crippen LogP) is 2.49. The van der Waals surface area contributed by atoms with E-state index in [-0.39, 0.29) is 34.9 Å². The van der Waals surface area contributed by atoms with Gasteiger partial charge in [-0.25, -0.2) is 9.37 Å². The number of rotatable bonds is 4. The topological polar surface area (TPSA) is 90.4 Å². The normalized spacial score (nSPS) is 13.9. The van der Waals surface area contributed by atoms with E-state index < -0.39 is 27.3 Å². The number of nitrogens with zero attached hydrogens (tertiary/aromatic N) is 2. The largest absolute Gasteiger partial charge is 0.534 e. The van der Waals surface area contributed by atoms with E-state index in [2.05, 4.69) is 19.5 Å². The van der Waals surface area contributed by atoms with Crippen LogP contribution >= 0.6 is 0 Å². The third-order valence-electron chi connectivity index (χ3n) is 3.52. The smallest absolute Gasteiger partial charge is 0.494 e. The van der Waals surface area contributed by atoms with Crippen molar-refractivity contribution in [3.63, 3.8) is 0 Å². The van der Waals surface area contributed by atoms with Crippen molar-refractivity contribution in [3.05, 3.63) is 29.6 Å². The number of benzene rings is 1. The first kappa shape index (κ1) is 18.2. The summed E-state index contributed by atoms with van der Waals surface area (Å²) in [6.45, 7) is 0.312. The van der Waals surface area contributed by atoms with Gasteiger partial charge in [0.1, 0.15) is 5.82 Å². The molecule has 7 nitrogen and oxygen atoms in total. The summed E-state index contributed by atoms with van der Waals surface area (Å²) in [7, 11) is -4.64. The van der Waals surface area contributed by atoms with Gasteiger partial charge in [0.25, 0.3) is 0 Å². The molecule has 0 unspecified atom stereocenters. The Labute approximate surface area is 145 Å². The van der Waals surface area contributed by atoms with Gasteiger partial charge in [0.2, 0.25) is 5.88 Å². The lowest BCUT2D eigenvalue weighted by Gasteiger charge is -2.12. The van der Waals surface area contributed by atoms with Crippen LogP contribution in [-0.4, -0.2) is 37.5 Å². The van der Waals surface area contributed by atoms with Gasteiger partial charge in [-0.1, -0.05) is 0 Å². The Hall–Kier alpha value is -2.63. The van der Waals surface area contributed by atoms with Crippen LogP contribution in [0.1, 0.15) is 5.56 Å². The van der Waals surface area contributed by atoms with Gasteiger partial charge in [0.15, 0.2) is 17.4 Å². The average Bonchev–Trinajstić information content (AvgIpc) is 3.02.